The molecule has 1 saturated heterocycles. The number of fused-ring (bicyclic) bond motifs is 1. The van der Waals surface area contributed by atoms with Crippen molar-refractivity contribution in [1.82, 2.24) is 4.57 Å². The molecule has 12 heteroatoms. The van der Waals surface area contributed by atoms with Crippen molar-refractivity contribution < 1.29 is 27.1 Å². The molecular formula is C26H32F2N4O5S. The summed E-state index contributed by atoms with van der Waals surface area (Å²) in [7, 11) is -3.75. The molecule has 2 atom stereocenters. The Morgan fingerprint density at radius 2 is 1.89 bits per heavy atom. The van der Waals surface area contributed by atoms with Gasteiger partial charge >= 0.3 is 0 Å². The molecule has 2 saturated carbocycles. The van der Waals surface area contributed by atoms with Gasteiger partial charge in [-0.3, -0.25) is 14.3 Å². The highest BCUT2D eigenvalue weighted by Crippen LogP contribution is 2.46. The number of aromatic nitrogens is 1. The number of pyridine rings is 1. The molecule has 0 bridgehead atoms. The number of aliphatic hydroxyl groups excluding tert-OH is 1. The third-order valence-corrected chi connectivity index (χ3v) is 9.08. The highest BCUT2D eigenvalue weighted by Gasteiger charge is 2.42. The van der Waals surface area contributed by atoms with Crippen LogP contribution in [0.5, 0.6) is 0 Å². The molecule has 1 aliphatic heterocycles. The molecular weight excluding hydrogens is 518 g/mol. The zero-order chi connectivity index (χ0) is 27.1. The Labute approximate surface area is 219 Å². The first-order valence-electron chi connectivity index (χ1n) is 13.0. The van der Waals surface area contributed by atoms with E-state index in [2.05, 4.69) is 14.9 Å². The minimum absolute atomic E-state index is 0.0504. The molecule has 2 unspecified atom stereocenters. The van der Waals surface area contributed by atoms with Gasteiger partial charge in [-0.05, 0) is 67.9 Å². The van der Waals surface area contributed by atoms with E-state index in [1.54, 1.807) is 18.3 Å². The van der Waals surface area contributed by atoms with Crippen LogP contribution in [0.2, 0.25) is 0 Å². The largest absolute Gasteiger partial charge is 0.395 e. The summed E-state index contributed by atoms with van der Waals surface area (Å²) in [6, 6.07) is 7.34. The van der Waals surface area contributed by atoms with E-state index in [0.29, 0.717) is 23.1 Å². The van der Waals surface area contributed by atoms with Crippen LogP contribution in [0, 0.1) is 11.8 Å². The van der Waals surface area contributed by atoms with Crippen molar-refractivity contribution in [2.24, 2.45) is 11.8 Å². The minimum atomic E-state index is -3.75. The average Bonchev–Trinajstić information content (AvgIpc) is 3.64. The Balaban J connectivity index is 1.40. The van der Waals surface area contributed by atoms with E-state index < -0.39 is 39.8 Å². The zero-order valence-corrected chi connectivity index (χ0v) is 21.7. The lowest BCUT2D eigenvalue weighted by atomic mass is 9.92. The predicted molar refractivity (Wildman–Crippen MR) is 140 cm³/mol. The number of sulfonamides is 1. The normalized spacial score (nSPS) is 23.0. The molecule has 5 rings (SSSR count). The van der Waals surface area contributed by atoms with Crippen LogP contribution in [-0.4, -0.2) is 55.4 Å². The van der Waals surface area contributed by atoms with Gasteiger partial charge in [0.25, 0.3) is 11.5 Å². The van der Waals surface area contributed by atoms with Crippen molar-refractivity contribution in [3.8, 4) is 0 Å². The molecule has 3 fully saturated rings. The van der Waals surface area contributed by atoms with Crippen molar-refractivity contribution in [3.05, 3.63) is 52.4 Å². The number of rotatable bonds is 8. The number of halogens is 2. The van der Waals surface area contributed by atoms with Crippen LogP contribution >= 0.6 is 0 Å². The molecule has 2 heterocycles. The number of carbonyl (C=O) groups excluding carboxylic acids is 1. The first kappa shape index (κ1) is 26.6. The van der Waals surface area contributed by atoms with Crippen LogP contribution < -0.4 is 20.5 Å². The number of alkyl halides is 2. The Hall–Kier alpha value is -2.99. The fourth-order valence-electron chi connectivity index (χ4n) is 5.59. The van der Waals surface area contributed by atoms with E-state index in [9.17, 15) is 26.8 Å². The van der Waals surface area contributed by atoms with E-state index in [-0.39, 0.29) is 43.1 Å². The van der Waals surface area contributed by atoms with Gasteiger partial charge in [-0.2, -0.15) is 0 Å². The minimum Gasteiger partial charge on any atom is -0.395 e. The molecule has 2 aliphatic carbocycles. The number of nitrogens with zero attached hydrogens (tertiary/aromatic N) is 2. The summed E-state index contributed by atoms with van der Waals surface area (Å²) in [5, 5.41) is 11.7. The summed E-state index contributed by atoms with van der Waals surface area (Å²) in [6.07, 6.45) is 3.48. The van der Waals surface area contributed by atoms with Gasteiger partial charge in [0.05, 0.1) is 29.3 Å². The molecule has 206 valence electrons. The van der Waals surface area contributed by atoms with Crippen LogP contribution in [0.15, 0.2) is 41.3 Å². The van der Waals surface area contributed by atoms with Crippen molar-refractivity contribution in [2.75, 3.05) is 40.4 Å². The van der Waals surface area contributed by atoms with Gasteiger partial charge < -0.3 is 19.9 Å². The topological polar surface area (TPSA) is 121 Å². The van der Waals surface area contributed by atoms with E-state index in [4.69, 9.17) is 5.11 Å². The summed E-state index contributed by atoms with van der Waals surface area (Å²) >= 11 is 0. The number of nitrogens with one attached hydrogen (secondary N) is 2. The summed E-state index contributed by atoms with van der Waals surface area (Å²) in [6.45, 7) is 0.955. The SMILES string of the molecule is O=C(Nc1cccn(C2CCC(F)(F)CC2)c1=O)c1ccc(NS(=O)(=O)CCO)cc1N1CCC2CC2C1. The Bertz CT molecular complexity index is 1370. The van der Waals surface area contributed by atoms with Gasteiger partial charge in [-0.25, -0.2) is 17.2 Å². The number of aliphatic hydroxyl groups is 1. The second-order valence-electron chi connectivity index (χ2n) is 10.5. The van der Waals surface area contributed by atoms with E-state index in [1.807, 2.05) is 0 Å². The van der Waals surface area contributed by atoms with Crippen LogP contribution in [-0.2, 0) is 10.0 Å². The monoisotopic (exact) mass is 550 g/mol. The molecule has 2 aromatic rings. The van der Waals surface area contributed by atoms with Gasteiger partial charge in [-0.1, -0.05) is 0 Å². The quantitative estimate of drug-likeness (QED) is 0.463. The molecule has 1 aromatic carbocycles. The van der Waals surface area contributed by atoms with E-state index in [1.165, 1.54) is 22.8 Å². The van der Waals surface area contributed by atoms with Gasteiger partial charge in [-0.15, -0.1) is 0 Å². The van der Waals surface area contributed by atoms with Gasteiger partial charge in [0.15, 0.2) is 0 Å². The summed E-state index contributed by atoms with van der Waals surface area (Å²) in [5.74, 6) is -2.45. The number of hydrogen-bond acceptors (Lipinski definition) is 6. The third kappa shape index (κ3) is 5.85. The van der Waals surface area contributed by atoms with E-state index >= 15 is 0 Å². The fourth-order valence-corrected chi connectivity index (χ4v) is 6.42. The summed E-state index contributed by atoms with van der Waals surface area (Å²) in [4.78, 5) is 28.7. The molecule has 0 radical (unpaired) electrons. The highest BCUT2D eigenvalue weighted by molar-refractivity contribution is 7.92. The van der Waals surface area contributed by atoms with Crippen LogP contribution in [0.1, 0.15) is 54.9 Å². The first-order chi connectivity index (χ1) is 18.0. The van der Waals surface area contributed by atoms with Crippen molar-refractivity contribution >= 4 is 33.0 Å². The third-order valence-electron chi connectivity index (χ3n) is 7.81. The second-order valence-corrected chi connectivity index (χ2v) is 12.4. The average molecular weight is 551 g/mol. The molecule has 3 aliphatic rings. The number of piperidine rings is 1. The standard InChI is InChI=1S/C26H32F2N4O5S/c27-26(28)8-5-20(6-9-26)32-10-1-2-22(25(32)35)29-24(34)21-4-3-19(30-38(36,37)13-12-33)15-23(21)31-11-7-17-14-18(17)16-31/h1-4,10,15,17-18,20,30,33H,5-9,11-14,16H2,(H,29,34). The lowest BCUT2D eigenvalue weighted by Gasteiger charge is -2.31. The lowest BCUT2D eigenvalue weighted by molar-refractivity contribution is -0.0442. The van der Waals surface area contributed by atoms with Crippen LogP contribution in [0.3, 0.4) is 0 Å². The lowest BCUT2D eigenvalue weighted by Crippen LogP contribution is -2.34. The highest BCUT2D eigenvalue weighted by atomic mass is 32.2. The maximum atomic E-state index is 13.6. The number of anilines is 3. The second kappa shape index (κ2) is 10.3. The predicted octanol–water partition coefficient (Wildman–Crippen LogP) is 3.43. The molecule has 3 N–H and O–H groups in total. The number of benzene rings is 1. The Kier molecular flexibility index (Phi) is 7.21. The molecule has 1 amide bonds. The zero-order valence-electron chi connectivity index (χ0n) is 20.9. The molecule has 1 aromatic heterocycles. The fraction of sp³-hybridized carbons (Fsp3) is 0.538. The van der Waals surface area contributed by atoms with Crippen molar-refractivity contribution in [3.63, 3.8) is 0 Å². The molecule has 9 nitrogen and oxygen atoms in total. The van der Waals surface area contributed by atoms with Crippen LogP contribution in [0.25, 0.3) is 0 Å². The Morgan fingerprint density at radius 1 is 1.13 bits per heavy atom. The van der Waals surface area contributed by atoms with E-state index in [0.717, 1.165) is 25.9 Å². The number of carbonyl (C=O) groups is 1. The number of hydrogen-bond donors (Lipinski definition) is 3. The number of amides is 1. The maximum Gasteiger partial charge on any atom is 0.274 e. The Morgan fingerprint density at radius 3 is 2.61 bits per heavy atom. The molecule has 0 spiro atoms. The van der Waals surface area contributed by atoms with Crippen molar-refractivity contribution in [2.45, 2.75) is 50.5 Å². The van der Waals surface area contributed by atoms with Crippen molar-refractivity contribution in [1.29, 1.82) is 0 Å². The summed E-state index contributed by atoms with van der Waals surface area (Å²) in [5.41, 5.74) is 0.724. The smallest absolute Gasteiger partial charge is 0.274 e. The molecule has 38 heavy (non-hydrogen) atoms. The van der Waals surface area contributed by atoms with Crippen LogP contribution in [0.4, 0.5) is 25.8 Å². The van der Waals surface area contributed by atoms with Gasteiger partial charge in [0.1, 0.15) is 5.69 Å². The summed E-state index contributed by atoms with van der Waals surface area (Å²) < 4.78 is 55.5. The van der Waals surface area contributed by atoms with Gasteiger partial charge in [0.2, 0.25) is 15.9 Å². The maximum absolute atomic E-state index is 13.6. The van der Waals surface area contributed by atoms with Gasteiger partial charge in [0, 0.05) is 38.2 Å². The first-order valence-corrected chi connectivity index (χ1v) is 14.6.